The molecule has 0 saturated heterocycles. The first-order valence-corrected chi connectivity index (χ1v) is 5.68. The van der Waals surface area contributed by atoms with Crippen molar-refractivity contribution in [1.82, 2.24) is 5.32 Å². The average Bonchev–Trinajstić information content (AvgIpc) is 2.24. The highest BCUT2D eigenvalue weighted by molar-refractivity contribution is 6.31. The van der Waals surface area contributed by atoms with Crippen LogP contribution >= 0.6 is 11.6 Å². The van der Waals surface area contributed by atoms with Crippen LogP contribution < -0.4 is 5.32 Å². The second-order valence-electron chi connectivity index (χ2n) is 3.52. The zero-order valence-electron chi connectivity index (χ0n) is 9.22. The van der Waals surface area contributed by atoms with E-state index in [1.54, 1.807) is 6.07 Å². The van der Waals surface area contributed by atoms with E-state index in [9.17, 15) is 9.18 Å². The molecule has 1 N–H and O–H groups in total. The maximum absolute atomic E-state index is 13.3. The largest absolute Gasteiger partial charge is 0.317 e. The van der Waals surface area contributed by atoms with Crippen LogP contribution in [-0.4, -0.2) is 18.9 Å². The minimum atomic E-state index is -0.413. The van der Waals surface area contributed by atoms with Gasteiger partial charge in [-0.3, -0.25) is 4.79 Å². The van der Waals surface area contributed by atoms with Gasteiger partial charge in [0.1, 0.15) is 11.6 Å². The second kappa shape index (κ2) is 6.61. The molecule has 0 atom stereocenters. The molecule has 0 fully saturated rings. The van der Waals surface area contributed by atoms with E-state index in [4.69, 9.17) is 11.6 Å². The number of halogens is 2. The van der Waals surface area contributed by atoms with Gasteiger partial charge in [-0.1, -0.05) is 24.6 Å². The van der Waals surface area contributed by atoms with Crippen LogP contribution in [-0.2, 0) is 11.2 Å². The van der Waals surface area contributed by atoms with Crippen molar-refractivity contribution in [2.24, 2.45) is 0 Å². The van der Waals surface area contributed by atoms with Crippen LogP contribution in [0.1, 0.15) is 18.9 Å². The highest BCUT2D eigenvalue weighted by Gasteiger charge is 2.11. The van der Waals surface area contributed by atoms with Gasteiger partial charge in [0.2, 0.25) is 0 Å². The van der Waals surface area contributed by atoms with Crippen LogP contribution in [0.3, 0.4) is 0 Å². The summed E-state index contributed by atoms with van der Waals surface area (Å²) in [4.78, 5) is 11.5. The standard InChI is InChI=1S/C12H15ClFNO/c1-2-15-7-6-9(16)8-10-11(13)4-3-5-12(10)14/h3-5,15H,2,6-8H2,1H3. The molecule has 0 heterocycles. The van der Waals surface area contributed by atoms with Crippen molar-refractivity contribution < 1.29 is 9.18 Å². The maximum Gasteiger partial charge on any atom is 0.138 e. The average molecular weight is 244 g/mol. The third-order valence-corrected chi connectivity index (χ3v) is 2.62. The molecule has 0 spiro atoms. The Balaban J connectivity index is 2.56. The number of ketones is 1. The third-order valence-electron chi connectivity index (χ3n) is 2.27. The van der Waals surface area contributed by atoms with E-state index in [1.807, 2.05) is 6.92 Å². The molecule has 1 rings (SSSR count). The summed E-state index contributed by atoms with van der Waals surface area (Å²) < 4.78 is 13.3. The van der Waals surface area contributed by atoms with Gasteiger partial charge in [0, 0.05) is 30.0 Å². The minimum Gasteiger partial charge on any atom is -0.317 e. The summed E-state index contributed by atoms with van der Waals surface area (Å²) in [6.07, 6.45) is 0.468. The van der Waals surface area contributed by atoms with Gasteiger partial charge in [-0.15, -0.1) is 0 Å². The third kappa shape index (κ3) is 3.91. The molecule has 0 radical (unpaired) electrons. The number of Topliss-reactive ketones (excluding diaryl/α,β-unsaturated/α-hetero) is 1. The van der Waals surface area contributed by atoms with Crippen molar-refractivity contribution in [3.63, 3.8) is 0 Å². The lowest BCUT2D eigenvalue weighted by Crippen LogP contribution is -2.18. The number of carbonyl (C=O) groups is 1. The van der Waals surface area contributed by atoms with E-state index in [2.05, 4.69) is 5.32 Å². The highest BCUT2D eigenvalue weighted by Crippen LogP contribution is 2.19. The van der Waals surface area contributed by atoms with Crippen molar-refractivity contribution in [3.8, 4) is 0 Å². The lowest BCUT2D eigenvalue weighted by atomic mass is 10.1. The predicted molar refractivity (Wildman–Crippen MR) is 63.3 cm³/mol. The molecule has 4 heteroatoms. The van der Waals surface area contributed by atoms with Gasteiger partial charge in [0.15, 0.2) is 0 Å². The molecule has 0 aromatic heterocycles. The Bertz CT molecular complexity index is 348. The van der Waals surface area contributed by atoms with Crippen molar-refractivity contribution in [2.45, 2.75) is 19.8 Å². The molecular formula is C12H15ClFNO. The molecule has 0 amide bonds. The number of benzene rings is 1. The van der Waals surface area contributed by atoms with E-state index < -0.39 is 5.82 Å². The van der Waals surface area contributed by atoms with E-state index >= 15 is 0 Å². The Morgan fingerprint density at radius 1 is 1.50 bits per heavy atom. The fourth-order valence-corrected chi connectivity index (χ4v) is 1.62. The van der Waals surface area contributed by atoms with Crippen LogP contribution in [0.5, 0.6) is 0 Å². The molecule has 1 aromatic carbocycles. The van der Waals surface area contributed by atoms with Crippen LogP contribution in [0.25, 0.3) is 0 Å². The van der Waals surface area contributed by atoms with Gasteiger partial charge in [-0.25, -0.2) is 4.39 Å². The first-order valence-electron chi connectivity index (χ1n) is 5.30. The van der Waals surface area contributed by atoms with Crippen LogP contribution in [0.4, 0.5) is 4.39 Å². The van der Waals surface area contributed by atoms with Crippen LogP contribution in [0.15, 0.2) is 18.2 Å². The molecular weight excluding hydrogens is 229 g/mol. The Hall–Kier alpha value is -0.930. The minimum absolute atomic E-state index is 0.00653. The van der Waals surface area contributed by atoms with Gasteiger partial charge < -0.3 is 5.32 Å². The molecule has 0 aliphatic rings. The quantitative estimate of drug-likeness (QED) is 0.779. The fraction of sp³-hybridized carbons (Fsp3) is 0.417. The first-order chi connectivity index (χ1) is 7.65. The molecule has 1 aromatic rings. The van der Waals surface area contributed by atoms with Gasteiger partial charge in [0.05, 0.1) is 0 Å². The first kappa shape index (κ1) is 13.1. The zero-order chi connectivity index (χ0) is 12.0. The number of rotatable bonds is 6. The summed E-state index contributed by atoms with van der Waals surface area (Å²) >= 11 is 5.83. The monoisotopic (exact) mass is 243 g/mol. The summed E-state index contributed by atoms with van der Waals surface area (Å²) in [6.45, 7) is 3.42. The molecule has 88 valence electrons. The summed E-state index contributed by atoms with van der Waals surface area (Å²) in [5.41, 5.74) is 0.297. The summed E-state index contributed by atoms with van der Waals surface area (Å²) in [5, 5.41) is 3.36. The van der Waals surface area contributed by atoms with E-state index in [-0.39, 0.29) is 12.2 Å². The highest BCUT2D eigenvalue weighted by atomic mass is 35.5. The number of hydrogen-bond donors (Lipinski definition) is 1. The van der Waals surface area contributed by atoms with Crippen molar-refractivity contribution in [1.29, 1.82) is 0 Å². The second-order valence-corrected chi connectivity index (χ2v) is 3.93. The molecule has 16 heavy (non-hydrogen) atoms. The predicted octanol–water partition coefficient (Wildman–Crippen LogP) is 2.59. The fourth-order valence-electron chi connectivity index (χ4n) is 1.39. The summed E-state index contributed by atoms with van der Waals surface area (Å²) in [7, 11) is 0. The zero-order valence-corrected chi connectivity index (χ0v) is 9.98. The Kier molecular flexibility index (Phi) is 5.43. The SMILES string of the molecule is CCNCCC(=O)Cc1c(F)cccc1Cl. The Morgan fingerprint density at radius 2 is 2.25 bits per heavy atom. The maximum atomic E-state index is 13.3. The smallest absolute Gasteiger partial charge is 0.138 e. The lowest BCUT2D eigenvalue weighted by molar-refractivity contribution is -0.118. The number of carbonyl (C=O) groups excluding carboxylic acids is 1. The molecule has 0 saturated carbocycles. The normalized spacial score (nSPS) is 10.4. The molecule has 0 unspecified atom stereocenters. The van der Waals surface area contributed by atoms with Gasteiger partial charge in [-0.2, -0.15) is 0 Å². The molecule has 0 aliphatic carbocycles. The van der Waals surface area contributed by atoms with Crippen LogP contribution in [0.2, 0.25) is 5.02 Å². The van der Waals surface area contributed by atoms with E-state index in [0.717, 1.165) is 6.54 Å². The van der Waals surface area contributed by atoms with Crippen molar-refractivity contribution in [3.05, 3.63) is 34.6 Å². The Morgan fingerprint density at radius 3 is 2.88 bits per heavy atom. The molecule has 0 aliphatic heterocycles. The van der Waals surface area contributed by atoms with Crippen molar-refractivity contribution in [2.75, 3.05) is 13.1 Å². The molecule has 0 bridgehead atoms. The molecule has 2 nitrogen and oxygen atoms in total. The van der Waals surface area contributed by atoms with Crippen LogP contribution in [0, 0.1) is 5.82 Å². The number of nitrogens with one attached hydrogen (secondary N) is 1. The number of hydrogen-bond acceptors (Lipinski definition) is 2. The van der Waals surface area contributed by atoms with Gasteiger partial charge >= 0.3 is 0 Å². The van der Waals surface area contributed by atoms with E-state index in [1.165, 1.54) is 12.1 Å². The van der Waals surface area contributed by atoms with Gasteiger partial charge in [0.25, 0.3) is 0 Å². The lowest BCUT2D eigenvalue weighted by Gasteiger charge is -2.05. The Labute approximate surface area is 99.8 Å². The van der Waals surface area contributed by atoms with Gasteiger partial charge in [-0.05, 0) is 18.7 Å². The van der Waals surface area contributed by atoms with Crippen molar-refractivity contribution >= 4 is 17.4 Å². The summed E-state index contributed by atoms with van der Waals surface area (Å²) in [5.74, 6) is -0.419. The van der Waals surface area contributed by atoms with E-state index in [0.29, 0.717) is 23.6 Å². The topological polar surface area (TPSA) is 29.1 Å². The summed E-state index contributed by atoms with van der Waals surface area (Å²) in [6, 6.07) is 4.45.